The molecule has 1 amide bonds. The van der Waals surface area contributed by atoms with Crippen molar-refractivity contribution in [3.63, 3.8) is 0 Å². The Balaban J connectivity index is 1.28. The zero-order valence-corrected chi connectivity index (χ0v) is 16.5. The van der Waals surface area contributed by atoms with Gasteiger partial charge in [-0.15, -0.1) is 0 Å². The Morgan fingerprint density at radius 2 is 2.00 bits per heavy atom. The van der Waals surface area contributed by atoms with Crippen LogP contribution in [0, 0.1) is 0 Å². The van der Waals surface area contributed by atoms with Gasteiger partial charge in [0, 0.05) is 24.2 Å². The number of hydrogen-bond donors (Lipinski definition) is 1. The normalized spacial score (nSPS) is 10.7. The summed E-state index contributed by atoms with van der Waals surface area (Å²) in [5.41, 5.74) is 2.20. The standard InChI is InChI=1S/C23H21N3O4/c1-28-18-6-2-4-16(12-18)9-11-25-23(27)22-14-20(30-26-22)15-29-19-7-8-21-17(13-19)5-3-10-24-21/h2-8,10,12-14H,9,11,15H2,1H3,(H,25,27). The fourth-order valence-corrected chi connectivity index (χ4v) is 3.02. The van der Waals surface area contributed by atoms with Crippen LogP contribution in [-0.4, -0.2) is 29.7 Å². The van der Waals surface area contributed by atoms with Crippen LogP contribution in [0.25, 0.3) is 10.9 Å². The van der Waals surface area contributed by atoms with E-state index in [1.54, 1.807) is 19.4 Å². The molecule has 0 aliphatic carbocycles. The number of benzene rings is 2. The van der Waals surface area contributed by atoms with E-state index < -0.39 is 0 Å². The largest absolute Gasteiger partial charge is 0.497 e. The topological polar surface area (TPSA) is 86.5 Å². The smallest absolute Gasteiger partial charge is 0.273 e. The first-order valence-corrected chi connectivity index (χ1v) is 9.55. The van der Waals surface area contributed by atoms with Crippen molar-refractivity contribution in [3.8, 4) is 11.5 Å². The summed E-state index contributed by atoms with van der Waals surface area (Å²) >= 11 is 0. The maximum atomic E-state index is 12.3. The van der Waals surface area contributed by atoms with Crippen LogP contribution in [0.5, 0.6) is 11.5 Å². The minimum absolute atomic E-state index is 0.176. The summed E-state index contributed by atoms with van der Waals surface area (Å²) in [6.07, 6.45) is 2.44. The summed E-state index contributed by atoms with van der Waals surface area (Å²) in [5, 5.41) is 7.67. The second-order valence-corrected chi connectivity index (χ2v) is 6.68. The van der Waals surface area contributed by atoms with Crippen molar-refractivity contribution in [1.82, 2.24) is 15.5 Å². The molecule has 4 aromatic rings. The molecule has 0 saturated heterocycles. The number of carbonyl (C=O) groups excluding carboxylic acids is 1. The number of fused-ring (bicyclic) bond motifs is 1. The molecular formula is C23H21N3O4. The molecule has 0 fully saturated rings. The van der Waals surface area contributed by atoms with E-state index in [1.807, 2.05) is 54.6 Å². The van der Waals surface area contributed by atoms with Crippen LogP contribution in [0.3, 0.4) is 0 Å². The van der Waals surface area contributed by atoms with Gasteiger partial charge >= 0.3 is 0 Å². The van der Waals surface area contributed by atoms with Gasteiger partial charge in [0.2, 0.25) is 0 Å². The molecule has 0 unspecified atom stereocenters. The van der Waals surface area contributed by atoms with Gasteiger partial charge in [-0.3, -0.25) is 9.78 Å². The molecule has 30 heavy (non-hydrogen) atoms. The zero-order chi connectivity index (χ0) is 20.8. The molecule has 152 valence electrons. The van der Waals surface area contributed by atoms with Crippen molar-refractivity contribution in [2.45, 2.75) is 13.0 Å². The third kappa shape index (κ3) is 4.75. The summed E-state index contributed by atoms with van der Waals surface area (Å²) in [7, 11) is 1.63. The van der Waals surface area contributed by atoms with Gasteiger partial charge in [0.1, 0.15) is 18.1 Å². The fourth-order valence-electron chi connectivity index (χ4n) is 3.02. The van der Waals surface area contributed by atoms with Gasteiger partial charge in [0.05, 0.1) is 12.6 Å². The highest BCUT2D eigenvalue weighted by Crippen LogP contribution is 2.20. The number of methoxy groups -OCH3 is 1. The van der Waals surface area contributed by atoms with Crippen LogP contribution in [0.2, 0.25) is 0 Å². The van der Waals surface area contributed by atoms with Crippen molar-refractivity contribution in [1.29, 1.82) is 0 Å². The molecule has 0 aliphatic rings. The van der Waals surface area contributed by atoms with Crippen LogP contribution >= 0.6 is 0 Å². The number of carbonyl (C=O) groups is 1. The van der Waals surface area contributed by atoms with Gasteiger partial charge in [-0.1, -0.05) is 23.4 Å². The lowest BCUT2D eigenvalue weighted by Crippen LogP contribution is -2.25. The van der Waals surface area contributed by atoms with Gasteiger partial charge in [0.25, 0.3) is 5.91 Å². The number of aromatic nitrogens is 2. The highest BCUT2D eigenvalue weighted by atomic mass is 16.5. The first-order chi connectivity index (χ1) is 14.7. The molecule has 2 heterocycles. The number of hydrogen-bond acceptors (Lipinski definition) is 6. The summed E-state index contributed by atoms with van der Waals surface area (Å²) in [5.74, 6) is 1.67. The number of rotatable bonds is 8. The van der Waals surface area contributed by atoms with Gasteiger partial charge in [0.15, 0.2) is 11.5 Å². The van der Waals surface area contributed by atoms with E-state index in [0.717, 1.165) is 22.2 Å². The van der Waals surface area contributed by atoms with Crippen molar-refractivity contribution < 1.29 is 18.8 Å². The maximum Gasteiger partial charge on any atom is 0.273 e. The minimum atomic E-state index is -0.287. The highest BCUT2D eigenvalue weighted by Gasteiger charge is 2.13. The number of ether oxygens (including phenoxy) is 2. The Hall–Kier alpha value is -3.87. The first kappa shape index (κ1) is 19.4. The van der Waals surface area contributed by atoms with Crippen LogP contribution in [0.4, 0.5) is 0 Å². The Kier molecular flexibility index (Phi) is 5.89. The van der Waals surface area contributed by atoms with Crippen molar-refractivity contribution >= 4 is 16.8 Å². The van der Waals surface area contributed by atoms with E-state index in [4.69, 9.17) is 14.0 Å². The average Bonchev–Trinajstić information content (AvgIpc) is 3.27. The van der Waals surface area contributed by atoms with E-state index >= 15 is 0 Å². The monoisotopic (exact) mass is 403 g/mol. The summed E-state index contributed by atoms with van der Waals surface area (Å²) in [6.45, 7) is 0.658. The minimum Gasteiger partial charge on any atom is -0.497 e. The number of amides is 1. The molecule has 0 saturated carbocycles. The van der Waals surface area contributed by atoms with Gasteiger partial charge in [-0.25, -0.2) is 0 Å². The fraction of sp³-hybridized carbons (Fsp3) is 0.174. The van der Waals surface area contributed by atoms with E-state index in [-0.39, 0.29) is 18.2 Å². The average molecular weight is 403 g/mol. The quantitative estimate of drug-likeness (QED) is 0.482. The lowest BCUT2D eigenvalue weighted by molar-refractivity contribution is 0.0944. The number of pyridine rings is 1. The van der Waals surface area contributed by atoms with Crippen LogP contribution in [0.15, 0.2) is 71.4 Å². The molecule has 0 atom stereocenters. The summed E-state index contributed by atoms with van der Waals surface area (Å²) < 4.78 is 16.2. The van der Waals surface area contributed by atoms with E-state index in [9.17, 15) is 4.79 Å². The van der Waals surface area contributed by atoms with E-state index in [2.05, 4.69) is 15.5 Å². The Labute approximate surface area is 173 Å². The molecule has 0 spiro atoms. The Morgan fingerprint density at radius 3 is 2.90 bits per heavy atom. The van der Waals surface area contributed by atoms with Crippen LogP contribution < -0.4 is 14.8 Å². The summed E-state index contributed by atoms with van der Waals surface area (Å²) in [4.78, 5) is 16.6. The number of nitrogens with one attached hydrogen (secondary N) is 1. The molecular weight excluding hydrogens is 382 g/mol. The van der Waals surface area contributed by atoms with Crippen molar-refractivity contribution in [2.24, 2.45) is 0 Å². The van der Waals surface area contributed by atoms with E-state index in [0.29, 0.717) is 24.5 Å². The molecule has 0 radical (unpaired) electrons. The van der Waals surface area contributed by atoms with Gasteiger partial charge in [-0.05, 0) is 48.4 Å². The number of nitrogens with zero attached hydrogens (tertiary/aromatic N) is 2. The van der Waals surface area contributed by atoms with E-state index in [1.165, 1.54) is 0 Å². The first-order valence-electron chi connectivity index (χ1n) is 9.55. The molecule has 2 aromatic heterocycles. The maximum absolute atomic E-state index is 12.3. The molecule has 1 N–H and O–H groups in total. The highest BCUT2D eigenvalue weighted by molar-refractivity contribution is 5.92. The predicted octanol–water partition coefficient (Wildman–Crippen LogP) is 3.78. The lowest BCUT2D eigenvalue weighted by atomic mass is 10.1. The lowest BCUT2D eigenvalue weighted by Gasteiger charge is -2.05. The molecule has 4 rings (SSSR count). The van der Waals surface area contributed by atoms with Crippen LogP contribution in [-0.2, 0) is 13.0 Å². The van der Waals surface area contributed by atoms with Crippen molar-refractivity contribution in [3.05, 3.63) is 83.9 Å². The SMILES string of the molecule is COc1cccc(CCNC(=O)c2cc(COc3ccc4ncccc4c3)on2)c1. The second kappa shape index (κ2) is 9.09. The molecule has 7 heteroatoms. The van der Waals surface area contributed by atoms with Gasteiger partial charge in [-0.2, -0.15) is 0 Å². The second-order valence-electron chi connectivity index (χ2n) is 6.68. The Morgan fingerprint density at radius 1 is 1.07 bits per heavy atom. The third-order valence-corrected chi connectivity index (χ3v) is 4.58. The molecule has 0 bridgehead atoms. The third-order valence-electron chi connectivity index (χ3n) is 4.58. The zero-order valence-electron chi connectivity index (χ0n) is 16.5. The van der Waals surface area contributed by atoms with Crippen LogP contribution in [0.1, 0.15) is 21.8 Å². The molecule has 2 aromatic carbocycles. The van der Waals surface area contributed by atoms with Crippen molar-refractivity contribution in [2.75, 3.05) is 13.7 Å². The molecule has 0 aliphatic heterocycles. The summed E-state index contributed by atoms with van der Waals surface area (Å²) in [6, 6.07) is 18.8. The van der Waals surface area contributed by atoms with Gasteiger partial charge < -0.3 is 19.3 Å². The molecule has 7 nitrogen and oxygen atoms in total. The predicted molar refractivity (Wildman–Crippen MR) is 112 cm³/mol. The Bertz CT molecular complexity index is 1160.